The molecule has 0 fully saturated rings. The molecule has 1 aliphatic rings. The van der Waals surface area contributed by atoms with Gasteiger partial charge in [0.2, 0.25) is 0 Å². The second kappa shape index (κ2) is 9.22. The summed E-state index contributed by atoms with van der Waals surface area (Å²) in [5.74, 6) is 0. The third-order valence-electron chi connectivity index (χ3n) is 5.89. The first-order valence-corrected chi connectivity index (χ1v) is 11.1. The maximum absolute atomic E-state index is 3.74. The number of benzene rings is 3. The van der Waals surface area contributed by atoms with E-state index in [1.54, 1.807) is 0 Å². The fraction of sp³-hybridized carbons (Fsp3) is 0.200. The zero-order chi connectivity index (χ0) is 21.8. The molecule has 0 aliphatic heterocycles. The second-order valence-corrected chi connectivity index (χ2v) is 8.61. The van der Waals surface area contributed by atoms with Crippen LogP contribution in [0.2, 0.25) is 0 Å². The Hall–Kier alpha value is -3.32. The molecule has 1 atom stereocenters. The summed E-state index contributed by atoms with van der Waals surface area (Å²) >= 11 is 0. The predicted octanol–water partition coefficient (Wildman–Crippen LogP) is 7.72. The number of anilines is 1. The third kappa shape index (κ3) is 5.06. The Morgan fingerprint density at radius 1 is 0.806 bits per heavy atom. The van der Waals surface area contributed by atoms with E-state index < -0.39 is 0 Å². The quantitative estimate of drug-likeness (QED) is 0.458. The molecule has 156 valence electrons. The van der Waals surface area contributed by atoms with Gasteiger partial charge in [0.05, 0.1) is 0 Å². The van der Waals surface area contributed by atoms with E-state index in [2.05, 4.69) is 124 Å². The standard InChI is InChI=1S/C30H31N/c1-21-10-14-27(15-11-21)29(26-8-6-5-7-9-26)20-25-12-16-28(17-13-25)31-30-23(3)18-22(2)19-24(30)4/h5-16,18-20,28,31H,17H2,1-4H3. The molecule has 1 heteroatoms. The summed E-state index contributed by atoms with van der Waals surface area (Å²) in [7, 11) is 0. The van der Waals surface area contributed by atoms with Crippen molar-refractivity contribution >= 4 is 11.3 Å². The molecule has 0 spiro atoms. The Labute approximate surface area is 186 Å². The molecule has 1 nitrogen and oxygen atoms in total. The molecule has 1 unspecified atom stereocenters. The van der Waals surface area contributed by atoms with Crippen LogP contribution in [0.4, 0.5) is 5.69 Å². The average molecular weight is 406 g/mol. The number of aryl methyl sites for hydroxylation is 4. The van der Waals surface area contributed by atoms with Gasteiger partial charge in [0.1, 0.15) is 0 Å². The van der Waals surface area contributed by atoms with Crippen molar-refractivity contribution in [2.45, 2.75) is 40.2 Å². The van der Waals surface area contributed by atoms with Crippen LogP contribution < -0.4 is 5.32 Å². The summed E-state index contributed by atoms with van der Waals surface area (Å²) in [4.78, 5) is 0. The summed E-state index contributed by atoms with van der Waals surface area (Å²) in [6, 6.07) is 24.3. The topological polar surface area (TPSA) is 12.0 Å². The normalized spacial score (nSPS) is 16.2. The van der Waals surface area contributed by atoms with Crippen LogP contribution in [0.15, 0.2) is 96.6 Å². The van der Waals surface area contributed by atoms with Crippen molar-refractivity contribution in [2.24, 2.45) is 0 Å². The van der Waals surface area contributed by atoms with Gasteiger partial charge in [0.15, 0.2) is 0 Å². The Kier molecular flexibility index (Phi) is 6.23. The van der Waals surface area contributed by atoms with Crippen LogP contribution >= 0.6 is 0 Å². The first-order chi connectivity index (χ1) is 15.0. The van der Waals surface area contributed by atoms with Crippen molar-refractivity contribution in [2.75, 3.05) is 5.32 Å². The number of nitrogens with one attached hydrogen (secondary N) is 1. The molecule has 0 aromatic heterocycles. The van der Waals surface area contributed by atoms with E-state index in [0.717, 1.165) is 6.42 Å². The SMILES string of the molecule is Cc1ccc(C(=CC2=CCC(Nc3c(C)cc(C)cc3C)C=C2)c2ccccc2)cc1. The maximum atomic E-state index is 3.74. The lowest BCUT2D eigenvalue weighted by atomic mass is 9.93. The Morgan fingerprint density at radius 2 is 1.45 bits per heavy atom. The number of hydrogen-bond acceptors (Lipinski definition) is 1. The molecule has 4 rings (SSSR count). The molecule has 1 aliphatic carbocycles. The molecule has 0 heterocycles. The Bertz CT molecular complexity index is 1120. The van der Waals surface area contributed by atoms with E-state index in [9.17, 15) is 0 Å². The Morgan fingerprint density at radius 3 is 2.06 bits per heavy atom. The first-order valence-electron chi connectivity index (χ1n) is 11.1. The van der Waals surface area contributed by atoms with E-state index >= 15 is 0 Å². The molecule has 1 N–H and O–H groups in total. The fourth-order valence-corrected chi connectivity index (χ4v) is 4.29. The summed E-state index contributed by atoms with van der Waals surface area (Å²) in [5.41, 5.74) is 11.5. The van der Waals surface area contributed by atoms with Gasteiger partial charge in [0, 0.05) is 11.7 Å². The monoisotopic (exact) mass is 405 g/mol. The molecular weight excluding hydrogens is 374 g/mol. The van der Waals surface area contributed by atoms with Gasteiger partial charge in [-0.15, -0.1) is 0 Å². The van der Waals surface area contributed by atoms with Crippen molar-refractivity contribution in [3.63, 3.8) is 0 Å². The lowest BCUT2D eigenvalue weighted by Gasteiger charge is -2.22. The summed E-state index contributed by atoms with van der Waals surface area (Å²) in [6.45, 7) is 8.66. The lowest BCUT2D eigenvalue weighted by molar-refractivity contribution is 0.873. The van der Waals surface area contributed by atoms with Gasteiger partial charge in [-0.3, -0.25) is 0 Å². The fourth-order valence-electron chi connectivity index (χ4n) is 4.29. The number of hydrogen-bond donors (Lipinski definition) is 1. The molecule has 0 bridgehead atoms. The number of rotatable bonds is 5. The molecule has 0 saturated heterocycles. The van der Waals surface area contributed by atoms with Crippen LogP contribution in [0.1, 0.15) is 39.8 Å². The highest BCUT2D eigenvalue weighted by atomic mass is 14.9. The molecule has 3 aromatic carbocycles. The lowest BCUT2D eigenvalue weighted by Crippen LogP contribution is -2.19. The van der Waals surface area contributed by atoms with E-state index in [1.165, 1.54) is 50.2 Å². The summed E-state index contributed by atoms with van der Waals surface area (Å²) < 4.78 is 0. The van der Waals surface area contributed by atoms with E-state index in [-0.39, 0.29) is 0 Å². The second-order valence-electron chi connectivity index (χ2n) is 8.61. The van der Waals surface area contributed by atoms with Crippen molar-refractivity contribution in [3.8, 4) is 0 Å². The van der Waals surface area contributed by atoms with Crippen molar-refractivity contribution in [3.05, 3.63) is 130 Å². The largest absolute Gasteiger partial charge is 0.378 e. The van der Waals surface area contributed by atoms with Crippen LogP contribution in [0, 0.1) is 27.7 Å². The van der Waals surface area contributed by atoms with Crippen LogP contribution in [0.5, 0.6) is 0 Å². The molecule has 0 radical (unpaired) electrons. The van der Waals surface area contributed by atoms with Crippen molar-refractivity contribution in [1.82, 2.24) is 0 Å². The molecule has 0 amide bonds. The van der Waals surface area contributed by atoms with Crippen molar-refractivity contribution in [1.29, 1.82) is 0 Å². The van der Waals surface area contributed by atoms with E-state index in [1.807, 2.05) is 0 Å². The van der Waals surface area contributed by atoms with Gasteiger partial charge in [0.25, 0.3) is 0 Å². The van der Waals surface area contributed by atoms with Gasteiger partial charge in [-0.2, -0.15) is 0 Å². The van der Waals surface area contributed by atoms with Gasteiger partial charge in [-0.1, -0.05) is 96.1 Å². The zero-order valence-electron chi connectivity index (χ0n) is 18.9. The maximum Gasteiger partial charge on any atom is 0.0482 e. The first kappa shape index (κ1) is 20.9. The highest BCUT2D eigenvalue weighted by molar-refractivity contribution is 5.82. The predicted molar refractivity (Wildman–Crippen MR) is 135 cm³/mol. The minimum Gasteiger partial charge on any atom is -0.378 e. The smallest absolute Gasteiger partial charge is 0.0482 e. The Balaban J connectivity index is 1.57. The zero-order valence-corrected chi connectivity index (χ0v) is 18.9. The van der Waals surface area contributed by atoms with Crippen LogP contribution in [0.25, 0.3) is 5.57 Å². The van der Waals surface area contributed by atoms with E-state index in [4.69, 9.17) is 0 Å². The number of allylic oxidation sites excluding steroid dienone is 3. The molecular formula is C30H31N. The minimum atomic E-state index is 0.316. The van der Waals surface area contributed by atoms with Crippen LogP contribution in [0.3, 0.4) is 0 Å². The van der Waals surface area contributed by atoms with E-state index in [0.29, 0.717) is 6.04 Å². The molecule has 31 heavy (non-hydrogen) atoms. The van der Waals surface area contributed by atoms with Crippen LogP contribution in [-0.4, -0.2) is 6.04 Å². The summed E-state index contributed by atoms with van der Waals surface area (Å²) in [5, 5.41) is 3.74. The average Bonchev–Trinajstić information content (AvgIpc) is 2.77. The van der Waals surface area contributed by atoms with Gasteiger partial charge >= 0.3 is 0 Å². The van der Waals surface area contributed by atoms with Crippen molar-refractivity contribution < 1.29 is 0 Å². The summed E-state index contributed by atoms with van der Waals surface area (Å²) in [6.07, 6.45) is 10.2. The minimum absolute atomic E-state index is 0.316. The highest BCUT2D eigenvalue weighted by Crippen LogP contribution is 2.28. The van der Waals surface area contributed by atoms with Crippen LogP contribution in [-0.2, 0) is 0 Å². The molecule has 3 aromatic rings. The highest BCUT2D eigenvalue weighted by Gasteiger charge is 2.12. The molecule has 0 saturated carbocycles. The van der Waals surface area contributed by atoms with Gasteiger partial charge < -0.3 is 5.32 Å². The van der Waals surface area contributed by atoms with Gasteiger partial charge in [-0.25, -0.2) is 0 Å². The third-order valence-corrected chi connectivity index (χ3v) is 5.89. The van der Waals surface area contributed by atoms with Gasteiger partial charge in [-0.05, 0) is 73.6 Å².